The minimum atomic E-state index is 0. The lowest BCUT2D eigenvalue weighted by Gasteiger charge is -2.12. The van der Waals surface area contributed by atoms with Crippen LogP contribution in [0.5, 0.6) is 5.75 Å². The molecular formula is C19H29IN4O. The zero-order chi connectivity index (χ0) is 17.2. The first-order valence-corrected chi connectivity index (χ1v) is 8.48. The Morgan fingerprint density at radius 2 is 2.04 bits per heavy atom. The van der Waals surface area contributed by atoms with Crippen LogP contribution in [0.4, 0.5) is 0 Å². The fourth-order valence-electron chi connectivity index (χ4n) is 2.41. The third-order valence-electron chi connectivity index (χ3n) is 3.65. The van der Waals surface area contributed by atoms with Crippen molar-refractivity contribution >= 4 is 29.9 Å². The molecule has 6 heteroatoms. The summed E-state index contributed by atoms with van der Waals surface area (Å²) >= 11 is 0. The quantitative estimate of drug-likeness (QED) is 0.364. The molecule has 138 valence electrons. The maximum absolute atomic E-state index is 5.68. The molecular weight excluding hydrogens is 427 g/mol. The summed E-state index contributed by atoms with van der Waals surface area (Å²) in [5.41, 5.74) is 2.50. The lowest BCUT2D eigenvalue weighted by molar-refractivity contribution is 0.317. The number of aromatic nitrogens is 1. The van der Waals surface area contributed by atoms with Crippen molar-refractivity contribution in [3.63, 3.8) is 0 Å². The first-order valence-electron chi connectivity index (χ1n) is 8.48. The van der Waals surface area contributed by atoms with Gasteiger partial charge in [-0.25, -0.2) is 0 Å². The Bertz CT molecular complexity index is 654. The molecule has 0 aliphatic carbocycles. The number of ether oxygens (including phenoxy) is 1. The molecule has 1 aromatic carbocycles. The van der Waals surface area contributed by atoms with Crippen molar-refractivity contribution < 1.29 is 4.74 Å². The molecule has 1 heterocycles. The number of aliphatic imine (C=N–C) groups is 1. The first kappa shape index (κ1) is 21.3. The number of hydrogen-bond acceptors (Lipinski definition) is 2. The number of aryl methyl sites for hydroxylation is 1. The fourth-order valence-corrected chi connectivity index (χ4v) is 2.41. The van der Waals surface area contributed by atoms with Gasteiger partial charge in [0.25, 0.3) is 0 Å². The highest BCUT2D eigenvalue weighted by atomic mass is 127. The number of guanidine groups is 1. The van der Waals surface area contributed by atoms with Gasteiger partial charge in [0.1, 0.15) is 5.75 Å². The molecule has 2 rings (SSSR count). The minimum Gasteiger partial charge on any atom is -0.494 e. The van der Waals surface area contributed by atoms with Crippen molar-refractivity contribution in [3.05, 3.63) is 53.9 Å². The van der Waals surface area contributed by atoms with Crippen LogP contribution in [0, 0.1) is 0 Å². The van der Waals surface area contributed by atoms with Gasteiger partial charge < -0.3 is 19.9 Å². The average molecular weight is 456 g/mol. The number of rotatable bonds is 8. The minimum absolute atomic E-state index is 0. The normalized spacial score (nSPS) is 10.9. The molecule has 1 aromatic heterocycles. The second kappa shape index (κ2) is 11.8. The van der Waals surface area contributed by atoms with Gasteiger partial charge in [-0.1, -0.05) is 19.1 Å². The van der Waals surface area contributed by atoms with Crippen LogP contribution in [0.3, 0.4) is 0 Å². The van der Waals surface area contributed by atoms with E-state index in [2.05, 4.69) is 46.9 Å². The number of nitrogens with one attached hydrogen (secondary N) is 2. The zero-order valence-corrected chi connectivity index (χ0v) is 17.6. The van der Waals surface area contributed by atoms with E-state index in [0.717, 1.165) is 44.2 Å². The Balaban J connectivity index is 0.00000312. The van der Waals surface area contributed by atoms with Crippen LogP contribution >= 0.6 is 24.0 Å². The van der Waals surface area contributed by atoms with Gasteiger partial charge in [-0.05, 0) is 42.2 Å². The number of hydrogen-bond donors (Lipinski definition) is 2. The van der Waals surface area contributed by atoms with Gasteiger partial charge in [-0.3, -0.25) is 4.99 Å². The Kier molecular flexibility index (Phi) is 10.1. The number of halogens is 1. The van der Waals surface area contributed by atoms with E-state index in [0.29, 0.717) is 0 Å². The zero-order valence-electron chi connectivity index (χ0n) is 15.3. The largest absolute Gasteiger partial charge is 0.494 e. The van der Waals surface area contributed by atoms with Crippen molar-refractivity contribution in [2.45, 2.75) is 26.3 Å². The molecule has 0 unspecified atom stereocenters. The van der Waals surface area contributed by atoms with E-state index in [1.807, 2.05) is 29.9 Å². The highest BCUT2D eigenvalue weighted by Gasteiger charge is 2.01. The Labute approximate surface area is 167 Å². The van der Waals surface area contributed by atoms with Crippen LogP contribution in [0.25, 0.3) is 0 Å². The molecule has 0 bridgehead atoms. The van der Waals surface area contributed by atoms with Crippen LogP contribution < -0.4 is 15.4 Å². The summed E-state index contributed by atoms with van der Waals surface area (Å²) in [6.45, 7) is 4.46. The average Bonchev–Trinajstić information content (AvgIpc) is 3.02. The molecule has 5 nitrogen and oxygen atoms in total. The summed E-state index contributed by atoms with van der Waals surface area (Å²) in [6, 6.07) is 10.4. The third-order valence-corrected chi connectivity index (χ3v) is 3.65. The van der Waals surface area contributed by atoms with E-state index >= 15 is 0 Å². The summed E-state index contributed by atoms with van der Waals surface area (Å²) in [5, 5.41) is 6.67. The van der Waals surface area contributed by atoms with Crippen LogP contribution in [-0.4, -0.2) is 30.7 Å². The summed E-state index contributed by atoms with van der Waals surface area (Å²) < 4.78 is 7.72. The first-order chi connectivity index (χ1) is 11.7. The summed E-state index contributed by atoms with van der Waals surface area (Å²) in [7, 11) is 3.81. The van der Waals surface area contributed by atoms with Gasteiger partial charge in [-0.15, -0.1) is 24.0 Å². The van der Waals surface area contributed by atoms with Crippen molar-refractivity contribution in [2.24, 2.45) is 12.0 Å². The monoisotopic (exact) mass is 456 g/mol. The summed E-state index contributed by atoms with van der Waals surface area (Å²) in [6.07, 6.45) is 6.09. The Morgan fingerprint density at radius 1 is 1.20 bits per heavy atom. The Hall–Kier alpha value is -1.70. The number of benzene rings is 1. The second-order valence-electron chi connectivity index (χ2n) is 5.78. The van der Waals surface area contributed by atoms with Crippen molar-refractivity contribution in [2.75, 3.05) is 20.2 Å². The SMILES string of the molecule is CCCOc1cccc(CCNC(=NC)NCc2ccn(C)c2)c1.I. The molecule has 0 atom stereocenters. The van der Waals surface area contributed by atoms with Gasteiger partial charge in [-0.2, -0.15) is 0 Å². The molecule has 0 aliphatic heterocycles. The van der Waals surface area contributed by atoms with E-state index in [-0.39, 0.29) is 24.0 Å². The lowest BCUT2D eigenvalue weighted by Crippen LogP contribution is -2.37. The molecule has 0 fully saturated rings. The van der Waals surface area contributed by atoms with Gasteiger partial charge in [0, 0.05) is 39.6 Å². The predicted octanol–water partition coefficient (Wildman–Crippen LogP) is 3.34. The summed E-state index contributed by atoms with van der Waals surface area (Å²) in [5.74, 6) is 1.76. The molecule has 0 saturated heterocycles. The molecule has 2 aromatic rings. The molecule has 0 saturated carbocycles. The molecule has 0 aliphatic rings. The van der Waals surface area contributed by atoms with Crippen LogP contribution in [0.2, 0.25) is 0 Å². The van der Waals surface area contributed by atoms with E-state index in [1.165, 1.54) is 11.1 Å². The topological polar surface area (TPSA) is 50.6 Å². The predicted molar refractivity (Wildman–Crippen MR) is 115 cm³/mol. The summed E-state index contributed by atoms with van der Waals surface area (Å²) in [4.78, 5) is 4.26. The van der Waals surface area contributed by atoms with Crippen LogP contribution in [0.15, 0.2) is 47.7 Å². The molecule has 2 N–H and O–H groups in total. The van der Waals surface area contributed by atoms with Crippen LogP contribution in [-0.2, 0) is 20.0 Å². The van der Waals surface area contributed by atoms with Crippen molar-refractivity contribution in [3.8, 4) is 5.75 Å². The van der Waals surface area contributed by atoms with Crippen molar-refractivity contribution in [1.82, 2.24) is 15.2 Å². The Morgan fingerprint density at radius 3 is 2.72 bits per heavy atom. The van der Waals surface area contributed by atoms with Crippen LogP contribution in [0.1, 0.15) is 24.5 Å². The smallest absolute Gasteiger partial charge is 0.191 e. The maximum Gasteiger partial charge on any atom is 0.191 e. The van der Waals surface area contributed by atoms with Gasteiger partial charge in [0.05, 0.1) is 6.61 Å². The molecule has 0 radical (unpaired) electrons. The second-order valence-corrected chi connectivity index (χ2v) is 5.78. The van der Waals surface area contributed by atoms with Gasteiger partial charge in [0.2, 0.25) is 0 Å². The molecule has 25 heavy (non-hydrogen) atoms. The van der Waals surface area contributed by atoms with Gasteiger partial charge in [0.15, 0.2) is 5.96 Å². The number of nitrogens with zero attached hydrogens (tertiary/aromatic N) is 2. The van der Waals surface area contributed by atoms with E-state index in [1.54, 1.807) is 7.05 Å². The molecule has 0 amide bonds. The lowest BCUT2D eigenvalue weighted by atomic mass is 10.1. The third kappa shape index (κ3) is 7.81. The standard InChI is InChI=1S/C19H28N4O.HI/c1-4-12-24-18-7-5-6-16(13-18)8-10-21-19(20-2)22-14-17-9-11-23(3)15-17;/h5-7,9,11,13,15H,4,8,10,12,14H2,1-3H3,(H2,20,21,22);1H. The highest BCUT2D eigenvalue weighted by molar-refractivity contribution is 14.0. The van der Waals surface area contributed by atoms with Crippen molar-refractivity contribution in [1.29, 1.82) is 0 Å². The van der Waals surface area contributed by atoms with Gasteiger partial charge >= 0.3 is 0 Å². The van der Waals surface area contributed by atoms with E-state index in [9.17, 15) is 0 Å². The molecule has 0 spiro atoms. The maximum atomic E-state index is 5.68. The van der Waals surface area contributed by atoms with E-state index < -0.39 is 0 Å². The highest BCUT2D eigenvalue weighted by Crippen LogP contribution is 2.13. The fraction of sp³-hybridized carbons (Fsp3) is 0.421. The van der Waals surface area contributed by atoms with E-state index in [4.69, 9.17) is 4.74 Å².